The number of ether oxygens (including phenoxy) is 2. The van der Waals surface area contributed by atoms with Crippen LogP contribution < -0.4 is 0 Å². The molecule has 0 aromatic heterocycles. The van der Waals surface area contributed by atoms with Crippen LogP contribution in [-0.2, 0) is 14.3 Å². The third-order valence-electron chi connectivity index (χ3n) is 1.89. The lowest BCUT2D eigenvalue weighted by atomic mass is 10.1. The third kappa shape index (κ3) is 6.58. The monoisotopic (exact) mass is 294 g/mol. The Morgan fingerprint density at radius 1 is 1.10 bits per heavy atom. The molecule has 0 saturated carbocycles. The Hall–Kier alpha value is -3.09. The largest absolute Gasteiger partial charge is 0.508 e. The van der Waals surface area contributed by atoms with Crippen molar-refractivity contribution in [3.05, 3.63) is 55.0 Å². The van der Waals surface area contributed by atoms with E-state index in [-0.39, 0.29) is 22.8 Å². The van der Waals surface area contributed by atoms with Crippen molar-refractivity contribution in [2.45, 2.75) is 6.92 Å². The van der Waals surface area contributed by atoms with Crippen LogP contribution in [0.1, 0.15) is 27.6 Å². The molecule has 0 aliphatic heterocycles. The second-order valence-electron chi connectivity index (χ2n) is 3.38. The van der Waals surface area contributed by atoms with Crippen LogP contribution in [0.4, 0.5) is 0 Å². The van der Waals surface area contributed by atoms with Crippen molar-refractivity contribution in [1.29, 1.82) is 0 Å². The Morgan fingerprint density at radius 2 is 1.67 bits per heavy atom. The van der Waals surface area contributed by atoms with Gasteiger partial charge in [-0.3, -0.25) is 4.79 Å². The smallest absolute Gasteiger partial charge is 0.343 e. The van der Waals surface area contributed by atoms with Crippen LogP contribution in [0.2, 0.25) is 0 Å². The predicted molar refractivity (Wildman–Crippen MR) is 72.6 cm³/mol. The molecule has 7 heteroatoms. The van der Waals surface area contributed by atoms with E-state index in [1.165, 1.54) is 19.1 Å². The van der Waals surface area contributed by atoms with Gasteiger partial charge in [0.1, 0.15) is 5.75 Å². The van der Waals surface area contributed by atoms with E-state index in [9.17, 15) is 14.4 Å². The molecule has 0 aliphatic rings. The first-order valence-corrected chi connectivity index (χ1v) is 5.49. The summed E-state index contributed by atoms with van der Waals surface area (Å²) in [5.74, 6) is -2.71. The summed E-state index contributed by atoms with van der Waals surface area (Å²) in [4.78, 5) is 31.7. The number of aromatic hydroxyl groups is 1. The first-order chi connectivity index (χ1) is 9.83. The van der Waals surface area contributed by atoms with E-state index >= 15 is 0 Å². The minimum Gasteiger partial charge on any atom is -0.508 e. The van der Waals surface area contributed by atoms with Gasteiger partial charge in [-0.1, -0.05) is 13.2 Å². The Kier molecular flexibility index (Phi) is 7.60. The fraction of sp³-hybridized carbons (Fsp3) is 0.0714. The Morgan fingerprint density at radius 3 is 2.05 bits per heavy atom. The van der Waals surface area contributed by atoms with Gasteiger partial charge in [0.2, 0.25) is 0 Å². The van der Waals surface area contributed by atoms with Gasteiger partial charge in [-0.05, 0) is 18.2 Å². The van der Waals surface area contributed by atoms with Crippen molar-refractivity contribution < 1.29 is 34.1 Å². The molecule has 0 saturated heterocycles. The quantitative estimate of drug-likeness (QED) is 0.646. The molecule has 0 radical (unpaired) electrons. The minimum atomic E-state index is -1.32. The SMILES string of the molecule is C=COC(=O)c1ccc(O)cc1C(=O)O.C=COC(C)=O. The highest BCUT2D eigenvalue weighted by Crippen LogP contribution is 2.17. The molecule has 0 bridgehead atoms. The van der Waals surface area contributed by atoms with Gasteiger partial charge < -0.3 is 19.7 Å². The zero-order chi connectivity index (χ0) is 16.4. The number of phenols is 1. The summed E-state index contributed by atoms with van der Waals surface area (Å²) in [5.41, 5.74) is -0.456. The number of phenolic OH excluding ortho intramolecular Hbond substituents is 1. The molecule has 0 heterocycles. The predicted octanol–water partition coefficient (Wildman–Crippen LogP) is 2.08. The molecule has 1 rings (SSSR count). The molecule has 0 aliphatic carbocycles. The normalized spacial score (nSPS) is 8.62. The van der Waals surface area contributed by atoms with E-state index in [1.807, 2.05) is 0 Å². The fourth-order valence-corrected chi connectivity index (χ4v) is 1.14. The molecular weight excluding hydrogens is 280 g/mol. The molecule has 0 spiro atoms. The van der Waals surface area contributed by atoms with E-state index < -0.39 is 11.9 Å². The topological polar surface area (TPSA) is 110 Å². The number of carboxylic acids is 1. The van der Waals surface area contributed by atoms with Gasteiger partial charge in [0.05, 0.1) is 23.7 Å². The standard InChI is InChI=1S/C10H8O5.C4H6O2/c1-2-15-10(14)7-4-3-6(11)5-8(7)9(12)13;1-3-6-4(2)5/h2-5,11H,1H2,(H,12,13);3H,1H2,2H3. The molecule has 1 aromatic carbocycles. The molecule has 0 unspecified atom stereocenters. The lowest BCUT2D eigenvalue weighted by molar-refractivity contribution is -0.135. The van der Waals surface area contributed by atoms with Crippen molar-refractivity contribution in [3.8, 4) is 5.75 Å². The maximum absolute atomic E-state index is 11.2. The Labute approximate surface area is 120 Å². The van der Waals surface area contributed by atoms with E-state index in [2.05, 4.69) is 22.6 Å². The summed E-state index contributed by atoms with van der Waals surface area (Å²) in [5, 5.41) is 17.8. The number of carbonyl (C=O) groups is 3. The van der Waals surface area contributed by atoms with Crippen molar-refractivity contribution in [2.24, 2.45) is 0 Å². The van der Waals surface area contributed by atoms with Crippen LogP contribution in [-0.4, -0.2) is 28.1 Å². The third-order valence-corrected chi connectivity index (χ3v) is 1.89. The highest BCUT2D eigenvalue weighted by molar-refractivity contribution is 6.02. The molecule has 1 aromatic rings. The van der Waals surface area contributed by atoms with Crippen LogP contribution in [0.15, 0.2) is 43.9 Å². The Bertz CT molecular complexity index is 560. The lowest BCUT2D eigenvalue weighted by Crippen LogP contribution is -2.09. The number of aromatic carboxylic acids is 1. The van der Waals surface area contributed by atoms with Crippen LogP contribution in [0, 0.1) is 0 Å². The molecule has 0 atom stereocenters. The first-order valence-electron chi connectivity index (χ1n) is 5.49. The molecule has 0 amide bonds. The number of rotatable bonds is 4. The molecule has 0 fully saturated rings. The lowest BCUT2D eigenvalue weighted by Gasteiger charge is -2.03. The van der Waals surface area contributed by atoms with E-state index in [4.69, 9.17) is 10.2 Å². The number of esters is 2. The average Bonchev–Trinajstić information content (AvgIpc) is 2.39. The second kappa shape index (κ2) is 8.92. The first kappa shape index (κ1) is 17.9. The molecular formula is C14H14O7. The van der Waals surface area contributed by atoms with E-state index in [0.29, 0.717) is 0 Å². The van der Waals surface area contributed by atoms with Crippen molar-refractivity contribution in [1.82, 2.24) is 0 Å². The van der Waals surface area contributed by atoms with Crippen LogP contribution in [0.25, 0.3) is 0 Å². The fourth-order valence-electron chi connectivity index (χ4n) is 1.14. The number of hydrogen-bond acceptors (Lipinski definition) is 6. The minimum absolute atomic E-state index is 0.139. The van der Waals surface area contributed by atoms with Gasteiger partial charge in [0.15, 0.2) is 0 Å². The van der Waals surface area contributed by atoms with Crippen molar-refractivity contribution in [2.75, 3.05) is 0 Å². The van der Waals surface area contributed by atoms with Gasteiger partial charge in [0, 0.05) is 6.92 Å². The molecule has 2 N–H and O–H groups in total. The highest BCUT2D eigenvalue weighted by Gasteiger charge is 2.17. The van der Waals surface area contributed by atoms with Crippen LogP contribution in [0.5, 0.6) is 5.75 Å². The number of carboxylic acid groups (broad SMARTS) is 1. The van der Waals surface area contributed by atoms with Gasteiger partial charge in [-0.25, -0.2) is 9.59 Å². The summed E-state index contributed by atoms with van der Waals surface area (Å²) in [6.45, 7) is 7.66. The summed E-state index contributed by atoms with van der Waals surface area (Å²) < 4.78 is 8.61. The summed E-state index contributed by atoms with van der Waals surface area (Å²) in [6.07, 6.45) is 2.00. The highest BCUT2D eigenvalue weighted by atomic mass is 16.5. The van der Waals surface area contributed by atoms with Gasteiger partial charge in [-0.15, -0.1) is 0 Å². The molecule has 21 heavy (non-hydrogen) atoms. The maximum Gasteiger partial charge on any atom is 0.343 e. The number of benzene rings is 1. The van der Waals surface area contributed by atoms with Crippen molar-refractivity contribution in [3.63, 3.8) is 0 Å². The number of carbonyl (C=O) groups excluding carboxylic acids is 2. The van der Waals surface area contributed by atoms with Crippen LogP contribution >= 0.6 is 0 Å². The summed E-state index contributed by atoms with van der Waals surface area (Å²) in [6, 6.07) is 3.35. The molecule has 7 nitrogen and oxygen atoms in total. The summed E-state index contributed by atoms with van der Waals surface area (Å²) in [7, 11) is 0. The molecule has 112 valence electrons. The zero-order valence-electron chi connectivity index (χ0n) is 11.2. The summed E-state index contributed by atoms with van der Waals surface area (Å²) >= 11 is 0. The average molecular weight is 294 g/mol. The van der Waals surface area contributed by atoms with Gasteiger partial charge in [0.25, 0.3) is 0 Å². The van der Waals surface area contributed by atoms with Crippen LogP contribution in [0.3, 0.4) is 0 Å². The van der Waals surface area contributed by atoms with Gasteiger partial charge in [-0.2, -0.15) is 0 Å². The van der Waals surface area contributed by atoms with E-state index in [0.717, 1.165) is 18.6 Å². The Balaban J connectivity index is 0.000000567. The number of hydrogen-bond donors (Lipinski definition) is 2. The van der Waals surface area contributed by atoms with Crippen molar-refractivity contribution >= 4 is 17.9 Å². The van der Waals surface area contributed by atoms with Gasteiger partial charge >= 0.3 is 17.9 Å². The zero-order valence-corrected chi connectivity index (χ0v) is 11.2. The maximum atomic E-state index is 11.2. The second-order valence-corrected chi connectivity index (χ2v) is 3.38. The van der Waals surface area contributed by atoms with E-state index in [1.54, 1.807) is 0 Å².